The van der Waals surface area contributed by atoms with Gasteiger partial charge in [0.1, 0.15) is 11.5 Å². The summed E-state index contributed by atoms with van der Waals surface area (Å²) in [6, 6.07) is 13.0. The van der Waals surface area contributed by atoms with Gasteiger partial charge >= 0.3 is 0 Å². The standard InChI is InChI=1S/C23H25Cl2N5O/c24-16-7-13(8-17(25)11-16)12-30-20-10-15(22(27)28)2-1-14(20)9-21(30)23(31)29-19-5-3-18(26)4-6-19/h1-2,7-11,18-19H,3-6,12,26H2,(H3,27,28)(H,29,31)/t18-,19-. The minimum atomic E-state index is -0.130. The molecule has 31 heavy (non-hydrogen) atoms. The van der Waals surface area contributed by atoms with Crippen molar-refractivity contribution in [3.05, 3.63) is 69.3 Å². The van der Waals surface area contributed by atoms with Crippen LogP contribution >= 0.6 is 23.2 Å². The van der Waals surface area contributed by atoms with Gasteiger partial charge in [0, 0.05) is 45.1 Å². The van der Waals surface area contributed by atoms with E-state index in [-0.39, 0.29) is 23.8 Å². The first-order valence-electron chi connectivity index (χ1n) is 10.3. The summed E-state index contributed by atoms with van der Waals surface area (Å²) in [6.45, 7) is 0.406. The van der Waals surface area contributed by atoms with Crippen molar-refractivity contribution in [2.24, 2.45) is 11.5 Å². The second-order valence-electron chi connectivity index (χ2n) is 8.17. The van der Waals surface area contributed by atoms with Gasteiger partial charge in [-0.05, 0) is 61.6 Å². The van der Waals surface area contributed by atoms with E-state index in [0.29, 0.717) is 27.8 Å². The number of fused-ring (bicyclic) bond motifs is 1. The maximum absolute atomic E-state index is 13.2. The molecule has 2 aromatic carbocycles. The Balaban J connectivity index is 1.73. The number of hydrogen-bond acceptors (Lipinski definition) is 3. The van der Waals surface area contributed by atoms with Crippen molar-refractivity contribution < 1.29 is 4.79 Å². The number of carbonyl (C=O) groups is 1. The molecule has 0 atom stereocenters. The van der Waals surface area contributed by atoms with Gasteiger partial charge in [-0.1, -0.05) is 35.3 Å². The van der Waals surface area contributed by atoms with Gasteiger partial charge in [-0.3, -0.25) is 10.2 Å². The highest BCUT2D eigenvalue weighted by molar-refractivity contribution is 6.34. The third-order valence-corrected chi connectivity index (χ3v) is 6.25. The van der Waals surface area contributed by atoms with Gasteiger partial charge in [0.15, 0.2) is 0 Å². The maximum Gasteiger partial charge on any atom is 0.268 e. The van der Waals surface area contributed by atoms with Gasteiger partial charge in [0.05, 0.1) is 0 Å². The minimum Gasteiger partial charge on any atom is -0.384 e. The number of nitrogens with zero attached hydrogens (tertiary/aromatic N) is 1. The molecule has 1 aromatic heterocycles. The van der Waals surface area contributed by atoms with E-state index in [1.807, 2.05) is 34.9 Å². The molecule has 6 nitrogen and oxygen atoms in total. The molecule has 0 bridgehead atoms. The lowest BCUT2D eigenvalue weighted by Crippen LogP contribution is -2.41. The highest BCUT2D eigenvalue weighted by atomic mass is 35.5. The summed E-state index contributed by atoms with van der Waals surface area (Å²) in [7, 11) is 0. The van der Waals surface area contributed by atoms with E-state index in [1.54, 1.807) is 12.1 Å². The fraction of sp³-hybridized carbons (Fsp3) is 0.304. The molecule has 1 amide bonds. The Bertz CT molecular complexity index is 1130. The van der Waals surface area contributed by atoms with Crippen molar-refractivity contribution in [2.75, 3.05) is 0 Å². The van der Waals surface area contributed by atoms with Crippen LogP contribution in [0.25, 0.3) is 10.9 Å². The van der Waals surface area contributed by atoms with E-state index in [1.165, 1.54) is 0 Å². The topological polar surface area (TPSA) is 110 Å². The average Bonchev–Trinajstić information content (AvgIpc) is 3.06. The largest absolute Gasteiger partial charge is 0.384 e. The average molecular weight is 458 g/mol. The third-order valence-electron chi connectivity index (χ3n) is 5.82. The molecular weight excluding hydrogens is 433 g/mol. The van der Waals surface area contributed by atoms with Gasteiger partial charge in [0.2, 0.25) is 0 Å². The van der Waals surface area contributed by atoms with Crippen molar-refractivity contribution in [2.45, 2.75) is 44.3 Å². The van der Waals surface area contributed by atoms with E-state index in [4.69, 9.17) is 40.1 Å². The van der Waals surface area contributed by atoms with Crippen LogP contribution in [0, 0.1) is 5.41 Å². The molecule has 0 saturated heterocycles. The quantitative estimate of drug-likeness (QED) is 0.338. The minimum absolute atomic E-state index is 0.0232. The number of halogens is 2. The molecule has 1 saturated carbocycles. The lowest BCUT2D eigenvalue weighted by atomic mass is 9.92. The smallest absolute Gasteiger partial charge is 0.268 e. The van der Waals surface area contributed by atoms with Crippen molar-refractivity contribution in [1.29, 1.82) is 5.41 Å². The van der Waals surface area contributed by atoms with Crippen molar-refractivity contribution >= 4 is 45.8 Å². The van der Waals surface area contributed by atoms with E-state index >= 15 is 0 Å². The summed E-state index contributed by atoms with van der Waals surface area (Å²) in [6.07, 6.45) is 3.59. The first-order valence-corrected chi connectivity index (χ1v) is 11.0. The summed E-state index contributed by atoms with van der Waals surface area (Å²) < 4.78 is 1.92. The molecule has 0 spiro atoms. The summed E-state index contributed by atoms with van der Waals surface area (Å²) in [5.74, 6) is -0.154. The Hall–Kier alpha value is -2.54. The van der Waals surface area contributed by atoms with Gasteiger partial charge in [-0.25, -0.2) is 0 Å². The van der Waals surface area contributed by atoms with Crippen LogP contribution in [0.2, 0.25) is 10.0 Å². The number of nitrogens with one attached hydrogen (secondary N) is 2. The van der Waals surface area contributed by atoms with E-state index in [9.17, 15) is 4.79 Å². The molecule has 6 N–H and O–H groups in total. The highest BCUT2D eigenvalue weighted by Crippen LogP contribution is 2.26. The molecule has 1 fully saturated rings. The van der Waals surface area contributed by atoms with Gasteiger partial charge in [-0.2, -0.15) is 0 Å². The number of amides is 1. The Kier molecular flexibility index (Phi) is 6.23. The molecular formula is C23H25Cl2N5O. The molecule has 0 unspecified atom stereocenters. The SMILES string of the molecule is N=C(N)c1ccc2cc(C(=O)N[C@H]3CC[C@H](N)CC3)n(Cc3cc(Cl)cc(Cl)c3)c2c1. The second kappa shape index (κ2) is 8.91. The third kappa shape index (κ3) is 4.87. The summed E-state index contributed by atoms with van der Waals surface area (Å²) >= 11 is 12.4. The Morgan fingerprint density at radius 3 is 2.39 bits per heavy atom. The van der Waals surface area contributed by atoms with E-state index in [2.05, 4.69) is 5.32 Å². The molecule has 0 aliphatic heterocycles. The number of benzene rings is 2. The second-order valence-corrected chi connectivity index (χ2v) is 9.04. The van der Waals surface area contributed by atoms with Gasteiger partial charge in [-0.15, -0.1) is 0 Å². The summed E-state index contributed by atoms with van der Waals surface area (Å²) in [5.41, 5.74) is 14.5. The number of nitrogens with two attached hydrogens (primary N) is 2. The zero-order chi connectivity index (χ0) is 22.1. The Labute approximate surface area is 191 Å². The predicted molar refractivity (Wildman–Crippen MR) is 126 cm³/mol. The van der Waals surface area contributed by atoms with Gasteiger partial charge in [0.25, 0.3) is 5.91 Å². The fourth-order valence-electron chi connectivity index (χ4n) is 4.19. The zero-order valence-corrected chi connectivity index (χ0v) is 18.5. The van der Waals surface area contributed by atoms with Crippen molar-refractivity contribution in [1.82, 2.24) is 9.88 Å². The van der Waals surface area contributed by atoms with Crippen LogP contribution in [0.15, 0.2) is 42.5 Å². The van der Waals surface area contributed by atoms with Crippen molar-refractivity contribution in [3.63, 3.8) is 0 Å². The lowest BCUT2D eigenvalue weighted by Gasteiger charge is -2.27. The molecule has 4 rings (SSSR count). The Morgan fingerprint density at radius 1 is 1.06 bits per heavy atom. The van der Waals surface area contributed by atoms with Crippen LogP contribution in [0.3, 0.4) is 0 Å². The molecule has 162 valence electrons. The number of nitrogen functional groups attached to an aromatic ring is 1. The first-order chi connectivity index (χ1) is 14.8. The lowest BCUT2D eigenvalue weighted by molar-refractivity contribution is 0.0917. The van der Waals surface area contributed by atoms with Crippen LogP contribution in [0.1, 0.15) is 47.3 Å². The van der Waals surface area contributed by atoms with Crippen LogP contribution in [0.5, 0.6) is 0 Å². The number of aromatic nitrogens is 1. The van der Waals surface area contributed by atoms with Crippen LogP contribution in [-0.2, 0) is 6.54 Å². The predicted octanol–water partition coefficient (Wildman–Crippen LogP) is 4.28. The molecule has 3 aromatic rings. The summed E-state index contributed by atoms with van der Waals surface area (Å²) in [4.78, 5) is 13.2. The first kappa shape index (κ1) is 21.7. The monoisotopic (exact) mass is 457 g/mol. The fourth-order valence-corrected chi connectivity index (χ4v) is 4.76. The normalized spacial score (nSPS) is 18.8. The van der Waals surface area contributed by atoms with Crippen LogP contribution in [0.4, 0.5) is 0 Å². The van der Waals surface area contributed by atoms with Gasteiger partial charge < -0.3 is 21.4 Å². The highest BCUT2D eigenvalue weighted by Gasteiger charge is 2.23. The molecule has 1 aliphatic carbocycles. The molecule has 1 aliphatic rings. The molecule has 1 heterocycles. The molecule has 8 heteroatoms. The number of hydrogen-bond donors (Lipinski definition) is 4. The number of carbonyl (C=O) groups excluding carboxylic acids is 1. The van der Waals surface area contributed by atoms with E-state index < -0.39 is 0 Å². The Morgan fingerprint density at radius 2 is 1.74 bits per heavy atom. The molecule has 0 radical (unpaired) electrons. The summed E-state index contributed by atoms with van der Waals surface area (Å²) in [5, 5.41) is 12.9. The maximum atomic E-state index is 13.2. The van der Waals surface area contributed by atoms with Crippen LogP contribution < -0.4 is 16.8 Å². The number of amidine groups is 1. The van der Waals surface area contributed by atoms with Crippen LogP contribution in [-0.4, -0.2) is 28.4 Å². The van der Waals surface area contributed by atoms with Crippen molar-refractivity contribution in [3.8, 4) is 0 Å². The van der Waals surface area contributed by atoms with E-state index in [0.717, 1.165) is 42.1 Å². The number of rotatable bonds is 5. The zero-order valence-electron chi connectivity index (χ0n) is 17.0.